The van der Waals surface area contributed by atoms with Crippen LogP contribution in [-0.4, -0.2) is 20.2 Å². The normalized spacial score (nSPS) is 10.8. The van der Waals surface area contributed by atoms with Gasteiger partial charge in [-0.3, -0.25) is 10.1 Å². The smallest absolute Gasteiger partial charge is 0.151 e. The van der Waals surface area contributed by atoms with Crippen LogP contribution in [0.1, 0.15) is 0 Å². The van der Waals surface area contributed by atoms with Crippen molar-refractivity contribution < 1.29 is 4.39 Å². The molecule has 78 valence electrons. The van der Waals surface area contributed by atoms with Gasteiger partial charge in [-0.05, 0) is 12.1 Å². The Hall–Kier alpha value is -2.30. The highest BCUT2D eigenvalue weighted by atomic mass is 19.1. The fourth-order valence-corrected chi connectivity index (χ4v) is 1.53. The second kappa shape index (κ2) is 3.37. The molecule has 0 aliphatic carbocycles. The van der Waals surface area contributed by atoms with E-state index in [9.17, 15) is 4.39 Å². The third-order valence-electron chi connectivity index (χ3n) is 2.32. The summed E-state index contributed by atoms with van der Waals surface area (Å²) in [6.07, 6.45) is 4.92. The molecule has 0 spiro atoms. The van der Waals surface area contributed by atoms with E-state index >= 15 is 0 Å². The van der Waals surface area contributed by atoms with Crippen LogP contribution in [0.2, 0.25) is 0 Å². The predicted molar refractivity (Wildman–Crippen MR) is 57.1 cm³/mol. The van der Waals surface area contributed by atoms with Crippen LogP contribution in [0.15, 0.2) is 36.8 Å². The number of benzene rings is 1. The van der Waals surface area contributed by atoms with Crippen molar-refractivity contribution in [3.05, 3.63) is 42.6 Å². The lowest BCUT2D eigenvalue weighted by molar-refractivity contribution is 0.636. The quantitative estimate of drug-likeness (QED) is 0.675. The van der Waals surface area contributed by atoms with Crippen molar-refractivity contribution in [3.63, 3.8) is 0 Å². The summed E-state index contributed by atoms with van der Waals surface area (Å²) in [4.78, 5) is 8.37. The summed E-state index contributed by atoms with van der Waals surface area (Å²) in [5, 5.41) is 6.49. The summed E-state index contributed by atoms with van der Waals surface area (Å²) in [6.45, 7) is 0. The molecule has 0 amide bonds. The minimum atomic E-state index is -0.365. The number of hydrogen-bond acceptors (Lipinski definition) is 3. The molecule has 0 aliphatic heterocycles. The summed E-state index contributed by atoms with van der Waals surface area (Å²) in [7, 11) is 0. The van der Waals surface area contributed by atoms with E-state index in [1.165, 1.54) is 6.07 Å². The van der Waals surface area contributed by atoms with E-state index < -0.39 is 0 Å². The monoisotopic (exact) mass is 214 g/mol. The van der Waals surface area contributed by atoms with Crippen LogP contribution in [0.5, 0.6) is 0 Å². The van der Waals surface area contributed by atoms with E-state index in [1.54, 1.807) is 30.7 Å². The average molecular weight is 214 g/mol. The Balaban J connectivity index is 2.27. The molecule has 0 bridgehead atoms. The molecule has 0 atom stereocenters. The molecule has 16 heavy (non-hydrogen) atoms. The molecule has 0 saturated heterocycles. The zero-order valence-electron chi connectivity index (χ0n) is 8.18. The van der Waals surface area contributed by atoms with E-state index in [0.29, 0.717) is 11.2 Å². The van der Waals surface area contributed by atoms with Crippen LogP contribution in [-0.2, 0) is 0 Å². The van der Waals surface area contributed by atoms with Crippen molar-refractivity contribution in [2.24, 2.45) is 0 Å². The van der Waals surface area contributed by atoms with Gasteiger partial charge in [0.05, 0.1) is 23.6 Å². The Morgan fingerprint density at radius 3 is 2.94 bits per heavy atom. The average Bonchev–Trinajstić information content (AvgIpc) is 2.83. The summed E-state index contributed by atoms with van der Waals surface area (Å²) in [5.41, 5.74) is 2.22. The largest absolute Gasteiger partial charge is 0.285 e. The van der Waals surface area contributed by atoms with Crippen molar-refractivity contribution in [1.82, 2.24) is 20.2 Å². The SMILES string of the molecule is Fc1cccc2ncc(-c3cn[nH]c3)nc12. The van der Waals surface area contributed by atoms with Crippen LogP contribution in [0.25, 0.3) is 22.3 Å². The summed E-state index contributed by atoms with van der Waals surface area (Å²) in [6, 6.07) is 4.71. The highest BCUT2D eigenvalue weighted by molar-refractivity contribution is 5.77. The number of aromatic amines is 1. The van der Waals surface area contributed by atoms with Crippen LogP contribution >= 0.6 is 0 Å². The molecule has 1 aromatic carbocycles. The van der Waals surface area contributed by atoms with Crippen LogP contribution < -0.4 is 0 Å². The predicted octanol–water partition coefficient (Wildman–Crippen LogP) is 2.16. The maximum Gasteiger partial charge on any atom is 0.151 e. The second-order valence-corrected chi connectivity index (χ2v) is 3.35. The molecular weight excluding hydrogens is 207 g/mol. The molecule has 2 heterocycles. The van der Waals surface area contributed by atoms with Crippen LogP contribution in [0.3, 0.4) is 0 Å². The first-order valence-corrected chi connectivity index (χ1v) is 4.75. The van der Waals surface area contributed by atoms with E-state index in [-0.39, 0.29) is 11.3 Å². The lowest BCUT2D eigenvalue weighted by Gasteiger charge is -2.00. The van der Waals surface area contributed by atoms with Crippen molar-refractivity contribution >= 4 is 11.0 Å². The fourth-order valence-electron chi connectivity index (χ4n) is 1.53. The lowest BCUT2D eigenvalue weighted by atomic mass is 10.2. The topological polar surface area (TPSA) is 54.5 Å². The lowest BCUT2D eigenvalue weighted by Crippen LogP contribution is -1.90. The number of para-hydroxylation sites is 1. The Labute approximate surface area is 90.2 Å². The van der Waals surface area contributed by atoms with Gasteiger partial charge >= 0.3 is 0 Å². The van der Waals surface area contributed by atoms with Crippen molar-refractivity contribution in [3.8, 4) is 11.3 Å². The maximum atomic E-state index is 13.5. The number of fused-ring (bicyclic) bond motifs is 1. The van der Waals surface area contributed by atoms with Gasteiger partial charge in [-0.1, -0.05) is 6.07 Å². The molecule has 3 aromatic rings. The van der Waals surface area contributed by atoms with Gasteiger partial charge in [0.25, 0.3) is 0 Å². The van der Waals surface area contributed by atoms with E-state index in [1.807, 2.05) is 0 Å². The molecule has 3 rings (SSSR count). The zero-order valence-corrected chi connectivity index (χ0v) is 8.18. The Morgan fingerprint density at radius 1 is 1.19 bits per heavy atom. The number of hydrogen-bond donors (Lipinski definition) is 1. The van der Waals surface area contributed by atoms with Gasteiger partial charge in [0.15, 0.2) is 5.82 Å². The fraction of sp³-hybridized carbons (Fsp3) is 0. The molecule has 4 nitrogen and oxygen atoms in total. The van der Waals surface area contributed by atoms with Crippen molar-refractivity contribution in [2.45, 2.75) is 0 Å². The maximum absolute atomic E-state index is 13.5. The van der Waals surface area contributed by atoms with Crippen LogP contribution in [0.4, 0.5) is 4.39 Å². The molecule has 0 saturated carbocycles. The third-order valence-corrected chi connectivity index (χ3v) is 2.32. The minimum Gasteiger partial charge on any atom is -0.285 e. The first kappa shape index (κ1) is 8.96. The van der Waals surface area contributed by atoms with Gasteiger partial charge in [0.1, 0.15) is 5.52 Å². The molecule has 2 aromatic heterocycles. The summed E-state index contributed by atoms with van der Waals surface area (Å²) >= 11 is 0. The number of H-pyrrole nitrogens is 1. The van der Waals surface area contributed by atoms with Gasteiger partial charge < -0.3 is 0 Å². The van der Waals surface area contributed by atoms with Gasteiger partial charge in [-0.2, -0.15) is 5.10 Å². The Morgan fingerprint density at radius 2 is 2.12 bits per heavy atom. The van der Waals surface area contributed by atoms with Gasteiger partial charge in [0.2, 0.25) is 0 Å². The number of nitrogens with one attached hydrogen (secondary N) is 1. The highest BCUT2D eigenvalue weighted by Gasteiger charge is 2.06. The van der Waals surface area contributed by atoms with E-state index in [0.717, 1.165) is 5.56 Å². The Kier molecular flexibility index (Phi) is 1.89. The molecule has 0 unspecified atom stereocenters. The number of aromatic nitrogens is 4. The summed E-state index contributed by atoms with van der Waals surface area (Å²) in [5.74, 6) is -0.365. The first-order valence-electron chi connectivity index (χ1n) is 4.75. The van der Waals surface area contributed by atoms with E-state index in [2.05, 4.69) is 20.2 Å². The third kappa shape index (κ3) is 1.33. The zero-order chi connectivity index (χ0) is 11.0. The molecule has 0 aliphatic rings. The van der Waals surface area contributed by atoms with Gasteiger partial charge in [-0.15, -0.1) is 0 Å². The number of rotatable bonds is 1. The summed E-state index contributed by atoms with van der Waals surface area (Å²) < 4.78 is 13.5. The van der Waals surface area contributed by atoms with Crippen molar-refractivity contribution in [2.75, 3.05) is 0 Å². The molecule has 0 radical (unpaired) electrons. The number of halogens is 1. The van der Waals surface area contributed by atoms with Crippen molar-refractivity contribution in [1.29, 1.82) is 0 Å². The standard InChI is InChI=1S/C11H7FN4/c12-8-2-1-3-9-11(8)16-10(6-13-9)7-4-14-15-5-7/h1-6H,(H,14,15). The van der Waals surface area contributed by atoms with Gasteiger partial charge in [0, 0.05) is 11.8 Å². The molecule has 0 fully saturated rings. The first-order chi connectivity index (χ1) is 7.84. The second-order valence-electron chi connectivity index (χ2n) is 3.35. The van der Waals surface area contributed by atoms with Crippen LogP contribution in [0, 0.1) is 5.82 Å². The molecule has 5 heteroatoms. The molecular formula is C11H7FN4. The highest BCUT2D eigenvalue weighted by Crippen LogP contribution is 2.19. The minimum absolute atomic E-state index is 0.279. The number of nitrogens with zero attached hydrogens (tertiary/aromatic N) is 3. The van der Waals surface area contributed by atoms with Gasteiger partial charge in [-0.25, -0.2) is 9.37 Å². The molecule has 1 N–H and O–H groups in total. The Bertz CT molecular complexity index is 634. The van der Waals surface area contributed by atoms with E-state index in [4.69, 9.17) is 0 Å².